The average Bonchev–Trinajstić information content (AvgIpc) is 4.03. The van der Waals surface area contributed by atoms with E-state index in [0.29, 0.717) is 0 Å². The quantitative estimate of drug-likeness (QED) is 0.154. The number of benzene rings is 10. The SMILES string of the molecule is CC(C)(C)c1ccc(N(c2ccc3c(c2)N(c2ccc(C(C)(C)C)cc2-c2ccccc2)c2cccc4c2B3c2sc3cc5c(cc3c2N4c2ccc(C(C)(C)C)cc2)-c2ccccc2C5(C)C)c2ccc3ccccc3c2)cc1. The minimum absolute atomic E-state index is 0.0141. The first-order valence-corrected chi connectivity index (χ1v) is 29.4. The number of thiophene rings is 1. The zero-order chi connectivity index (χ0) is 55.2. The number of anilines is 9. The van der Waals surface area contributed by atoms with E-state index in [4.69, 9.17) is 0 Å². The molecular weight excluding hydrogens is 986 g/mol. The maximum absolute atomic E-state index is 2.62. The second-order valence-electron chi connectivity index (χ2n) is 26.2. The van der Waals surface area contributed by atoms with Crippen LogP contribution in [0.15, 0.2) is 212 Å². The predicted octanol–water partition coefficient (Wildman–Crippen LogP) is 19.5. The second kappa shape index (κ2) is 17.9. The topological polar surface area (TPSA) is 9.72 Å². The lowest BCUT2D eigenvalue weighted by molar-refractivity contribution is 0.590. The van der Waals surface area contributed by atoms with Crippen LogP contribution in [0.25, 0.3) is 43.1 Å². The van der Waals surface area contributed by atoms with Gasteiger partial charge in [0.2, 0.25) is 0 Å². The third-order valence-electron chi connectivity index (χ3n) is 17.7. The van der Waals surface area contributed by atoms with Crippen molar-refractivity contribution in [1.82, 2.24) is 0 Å². The molecule has 3 aliphatic rings. The highest BCUT2D eigenvalue weighted by atomic mass is 32.1. The molecule has 5 heteroatoms. The molecule has 11 aromatic rings. The first kappa shape index (κ1) is 50.1. The van der Waals surface area contributed by atoms with Gasteiger partial charge in [-0.05, 0) is 167 Å². The van der Waals surface area contributed by atoms with Gasteiger partial charge in [-0.2, -0.15) is 0 Å². The Morgan fingerprint density at radius 1 is 0.425 bits per heavy atom. The molecule has 3 nitrogen and oxygen atoms in total. The lowest BCUT2D eigenvalue weighted by atomic mass is 9.36. The fourth-order valence-electron chi connectivity index (χ4n) is 13.3. The molecule has 0 fully saturated rings. The Morgan fingerprint density at radius 2 is 1.02 bits per heavy atom. The molecule has 0 saturated carbocycles. The van der Waals surface area contributed by atoms with E-state index in [2.05, 4.69) is 303 Å². The van der Waals surface area contributed by atoms with Crippen molar-refractivity contribution < 1.29 is 0 Å². The summed E-state index contributed by atoms with van der Waals surface area (Å²) in [6, 6.07) is 81.3. The largest absolute Gasteiger partial charge is 0.311 e. The zero-order valence-corrected chi connectivity index (χ0v) is 48.9. The number of hydrogen-bond acceptors (Lipinski definition) is 4. The van der Waals surface area contributed by atoms with E-state index in [1.54, 1.807) is 0 Å². The summed E-state index contributed by atoms with van der Waals surface area (Å²) >= 11 is 1.99. The Morgan fingerprint density at radius 3 is 1.74 bits per heavy atom. The van der Waals surface area contributed by atoms with E-state index >= 15 is 0 Å². The Bertz CT molecular complexity index is 4280. The molecule has 0 N–H and O–H groups in total. The van der Waals surface area contributed by atoms with Crippen molar-refractivity contribution in [2.45, 2.75) is 97.8 Å². The number of rotatable bonds is 6. The van der Waals surface area contributed by atoms with Gasteiger partial charge in [-0.3, -0.25) is 0 Å². The summed E-state index contributed by atoms with van der Waals surface area (Å²) in [7, 11) is 0. The van der Waals surface area contributed by atoms with E-state index < -0.39 is 0 Å². The smallest absolute Gasteiger partial charge is 0.264 e. The highest BCUT2D eigenvalue weighted by Gasteiger charge is 2.47. The first-order valence-electron chi connectivity index (χ1n) is 28.6. The van der Waals surface area contributed by atoms with Gasteiger partial charge in [-0.15, -0.1) is 11.3 Å². The minimum atomic E-state index is -0.124. The Labute approximate surface area is 477 Å². The van der Waals surface area contributed by atoms with E-state index in [1.165, 1.54) is 115 Å². The third kappa shape index (κ3) is 7.90. The van der Waals surface area contributed by atoms with Gasteiger partial charge in [0.25, 0.3) is 6.71 Å². The van der Waals surface area contributed by atoms with E-state index in [1.807, 2.05) is 11.3 Å². The molecule has 0 atom stereocenters. The fourth-order valence-corrected chi connectivity index (χ4v) is 14.6. The summed E-state index contributed by atoms with van der Waals surface area (Å²) < 4.78 is 2.70. The van der Waals surface area contributed by atoms with Crippen LogP contribution in [0.4, 0.5) is 51.2 Å². The molecule has 2 aliphatic heterocycles. The van der Waals surface area contributed by atoms with Crippen molar-refractivity contribution in [3.8, 4) is 22.3 Å². The van der Waals surface area contributed by atoms with Gasteiger partial charge in [-0.1, -0.05) is 204 Å². The van der Waals surface area contributed by atoms with Gasteiger partial charge in [0, 0.05) is 65.7 Å². The van der Waals surface area contributed by atoms with Crippen molar-refractivity contribution in [1.29, 1.82) is 0 Å². The van der Waals surface area contributed by atoms with Crippen LogP contribution in [0.2, 0.25) is 0 Å². The lowest BCUT2D eigenvalue weighted by Gasteiger charge is -2.44. The van der Waals surface area contributed by atoms with Crippen LogP contribution in [-0.4, -0.2) is 6.71 Å². The molecule has 1 aromatic heterocycles. The van der Waals surface area contributed by atoms with Gasteiger partial charge < -0.3 is 14.7 Å². The molecule has 0 spiro atoms. The van der Waals surface area contributed by atoms with E-state index in [9.17, 15) is 0 Å². The molecule has 0 bridgehead atoms. The maximum Gasteiger partial charge on any atom is 0.264 e. The molecule has 392 valence electrons. The number of hydrogen-bond donors (Lipinski definition) is 0. The summed E-state index contributed by atoms with van der Waals surface area (Å²) in [4.78, 5) is 7.72. The van der Waals surface area contributed by atoms with Gasteiger partial charge in [-0.25, -0.2) is 0 Å². The monoisotopic (exact) mass is 1050 g/mol. The minimum Gasteiger partial charge on any atom is -0.311 e. The molecular formula is C75H68BN3S. The van der Waals surface area contributed by atoms with E-state index in [0.717, 1.165) is 22.7 Å². The summed E-state index contributed by atoms with van der Waals surface area (Å²) in [6.07, 6.45) is 0. The van der Waals surface area contributed by atoms with Crippen LogP contribution >= 0.6 is 11.3 Å². The van der Waals surface area contributed by atoms with E-state index in [-0.39, 0.29) is 28.4 Å². The van der Waals surface area contributed by atoms with Gasteiger partial charge in [0.1, 0.15) is 0 Å². The van der Waals surface area contributed by atoms with Crippen LogP contribution in [0.5, 0.6) is 0 Å². The zero-order valence-electron chi connectivity index (χ0n) is 48.0. The van der Waals surface area contributed by atoms with Gasteiger partial charge >= 0.3 is 0 Å². The molecule has 0 saturated heterocycles. The number of fused-ring (bicyclic) bond motifs is 10. The molecule has 3 heterocycles. The van der Waals surface area contributed by atoms with Crippen molar-refractivity contribution in [2.75, 3.05) is 14.7 Å². The lowest BCUT2D eigenvalue weighted by Crippen LogP contribution is -2.60. The fraction of sp³-hybridized carbons (Fsp3) is 0.200. The van der Waals surface area contributed by atoms with Gasteiger partial charge in [0.05, 0.1) is 11.4 Å². The standard InChI is InChI=1S/C75H68BN3S/c1-72(2,3)50-29-35-53(36-30-50)77(55-34-28-47-20-15-16-23-49(47)42-55)56-39-40-63-67(44-56)79(64-41-33-52(74(7,8)9)43-58(64)48-21-13-12-14-22-48)66-27-19-26-65-69(66)76(63)71-70(78(65)54-37-31-51(32-38-54)73(4,5)6)60-45-59-57-24-17-18-25-61(57)75(10,11)62(59)46-68(60)80-71/h12-46H,1-11H3. The summed E-state index contributed by atoms with van der Waals surface area (Å²) in [5.74, 6) is 0. The Hall–Kier alpha value is -8.12. The third-order valence-corrected chi connectivity index (χ3v) is 18.9. The van der Waals surface area contributed by atoms with Crippen LogP contribution in [0, 0.1) is 0 Å². The summed E-state index contributed by atoms with van der Waals surface area (Å²) in [5, 5.41) is 3.74. The van der Waals surface area contributed by atoms with Crippen LogP contribution in [-0.2, 0) is 21.7 Å². The van der Waals surface area contributed by atoms with Crippen molar-refractivity contribution in [3.05, 3.63) is 240 Å². The molecule has 0 amide bonds. The average molecular weight is 1050 g/mol. The van der Waals surface area contributed by atoms with Gasteiger partial charge in [0.15, 0.2) is 0 Å². The molecule has 0 radical (unpaired) electrons. The van der Waals surface area contributed by atoms with Crippen molar-refractivity contribution in [3.63, 3.8) is 0 Å². The van der Waals surface area contributed by atoms with Crippen molar-refractivity contribution >= 4 is 106 Å². The van der Waals surface area contributed by atoms with Crippen LogP contribution in [0.1, 0.15) is 104 Å². The van der Waals surface area contributed by atoms with Crippen LogP contribution in [0.3, 0.4) is 0 Å². The second-order valence-corrected chi connectivity index (χ2v) is 27.3. The highest BCUT2D eigenvalue weighted by molar-refractivity contribution is 7.33. The molecule has 14 rings (SSSR count). The first-order chi connectivity index (χ1) is 38.3. The Kier molecular flexibility index (Phi) is 11.2. The Balaban J connectivity index is 1.07. The highest BCUT2D eigenvalue weighted by Crippen LogP contribution is 2.55. The normalized spacial score (nSPS) is 14.2. The van der Waals surface area contributed by atoms with Crippen molar-refractivity contribution in [2.24, 2.45) is 0 Å². The number of nitrogens with zero attached hydrogens (tertiary/aromatic N) is 3. The summed E-state index contributed by atoms with van der Waals surface area (Å²) in [5.41, 5.74) is 24.8. The molecule has 1 aliphatic carbocycles. The predicted molar refractivity (Wildman–Crippen MR) is 347 cm³/mol. The molecule has 10 aromatic carbocycles. The molecule has 0 unspecified atom stereocenters. The summed E-state index contributed by atoms with van der Waals surface area (Å²) in [6.45, 7) is 25.6. The van der Waals surface area contributed by atoms with Crippen LogP contribution < -0.4 is 30.4 Å². The maximum atomic E-state index is 2.62. The molecule has 80 heavy (non-hydrogen) atoms.